The Morgan fingerprint density at radius 3 is 2.92 bits per heavy atom. The van der Waals surface area contributed by atoms with Crippen molar-refractivity contribution in [2.75, 3.05) is 13.7 Å². The Hall–Kier alpha value is -2.34. The fraction of sp³-hybridized carbons (Fsp3) is 0.389. The van der Waals surface area contributed by atoms with Gasteiger partial charge in [0.1, 0.15) is 17.8 Å². The number of hydrogen-bond acceptors (Lipinski definition) is 4. The number of benzene rings is 1. The molecule has 0 N–H and O–H groups in total. The maximum Gasteiger partial charge on any atom is 0.272 e. The van der Waals surface area contributed by atoms with Gasteiger partial charge in [-0.15, -0.1) is 0 Å². The van der Waals surface area contributed by atoms with Crippen LogP contribution in [0.1, 0.15) is 28.9 Å². The van der Waals surface area contributed by atoms with Crippen LogP contribution >= 0.6 is 0 Å². The number of piperidine rings is 1. The second-order valence-corrected chi connectivity index (χ2v) is 5.87. The molecule has 24 heavy (non-hydrogen) atoms. The zero-order valence-corrected chi connectivity index (χ0v) is 13.6. The van der Waals surface area contributed by atoms with Crippen molar-refractivity contribution < 1.29 is 13.9 Å². The van der Waals surface area contributed by atoms with Crippen LogP contribution in [0.4, 0.5) is 4.39 Å². The largest absolute Gasteiger partial charge is 0.379 e. The fourth-order valence-electron chi connectivity index (χ4n) is 3.24. The van der Waals surface area contributed by atoms with Gasteiger partial charge >= 0.3 is 0 Å². The van der Waals surface area contributed by atoms with Crippen molar-refractivity contribution in [2.45, 2.75) is 31.4 Å². The van der Waals surface area contributed by atoms with Crippen LogP contribution in [-0.4, -0.2) is 46.6 Å². The maximum atomic E-state index is 14.1. The number of hydrogen-bond donors (Lipinski definition) is 0. The molecular formula is C18H20FN3O2. The van der Waals surface area contributed by atoms with Crippen molar-refractivity contribution in [1.82, 2.24) is 14.9 Å². The first-order valence-electron chi connectivity index (χ1n) is 8.04. The van der Waals surface area contributed by atoms with E-state index in [0.29, 0.717) is 24.2 Å². The van der Waals surface area contributed by atoms with E-state index in [1.165, 1.54) is 12.4 Å². The number of likely N-dealkylation sites (tertiary alicyclic amines) is 1. The van der Waals surface area contributed by atoms with E-state index in [2.05, 4.69) is 9.97 Å². The summed E-state index contributed by atoms with van der Waals surface area (Å²) in [5.74, 6) is -0.423. The SMILES string of the molecule is CO[C@H]1CCCN(C(=O)c2ccncn2)[C@H]1Cc1ccccc1F. The van der Waals surface area contributed by atoms with E-state index in [0.717, 1.165) is 12.8 Å². The van der Waals surface area contributed by atoms with Crippen molar-refractivity contribution in [3.63, 3.8) is 0 Å². The van der Waals surface area contributed by atoms with Gasteiger partial charge in [0, 0.05) is 19.9 Å². The summed E-state index contributed by atoms with van der Waals surface area (Å²) in [5.41, 5.74) is 0.937. The number of aromatic nitrogens is 2. The summed E-state index contributed by atoms with van der Waals surface area (Å²) < 4.78 is 19.6. The molecule has 0 aliphatic carbocycles. The summed E-state index contributed by atoms with van der Waals surface area (Å²) in [4.78, 5) is 22.5. The number of carbonyl (C=O) groups excluding carboxylic acids is 1. The molecule has 1 fully saturated rings. The van der Waals surface area contributed by atoms with Crippen molar-refractivity contribution in [3.05, 3.63) is 59.9 Å². The average Bonchev–Trinajstić information content (AvgIpc) is 2.64. The molecule has 6 heteroatoms. The minimum Gasteiger partial charge on any atom is -0.379 e. The molecule has 1 aliphatic rings. The summed E-state index contributed by atoms with van der Waals surface area (Å²) in [5, 5.41) is 0. The van der Waals surface area contributed by atoms with Gasteiger partial charge in [-0.05, 0) is 37.0 Å². The standard InChI is InChI=1S/C18H20FN3O2/c1-24-17-7-4-10-22(18(23)15-8-9-20-12-21-15)16(17)11-13-5-2-3-6-14(13)19/h2-3,5-6,8-9,12,16-17H,4,7,10-11H2,1H3/t16-,17-/m0/s1. The first kappa shape index (κ1) is 16.5. The maximum absolute atomic E-state index is 14.1. The van der Waals surface area contributed by atoms with Crippen LogP contribution in [0.3, 0.4) is 0 Å². The quantitative estimate of drug-likeness (QED) is 0.865. The zero-order valence-electron chi connectivity index (χ0n) is 13.6. The molecule has 0 spiro atoms. The summed E-state index contributed by atoms with van der Waals surface area (Å²) in [6.07, 6.45) is 4.90. The molecule has 126 valence electrons. The molecule has 1 amide bonds. The van der Waals surface area contributed by atoms with Crippen molar-refractivity contribution >= 4 is 5.91 Å². The van der Waals surface area contributed by atoms with Gasteiger partial charge in [-0.1, -0.05) is 18.2 Å². The molecule has 2 aromatic rings. The zero-order chi connectivity index (χ0) is 16.9. The van der Waals surface area contributed by atoms with E-state index in [1.54, 1.807) is 42.5 Å². The van der Waals surface area contributed by atoms with Crippen LogP contribution in [0.5, 0.6) is 0 Å². The highest BCUT2D eigenvalue weighted by molar-refractivity contribution is 5.92. The van der Waals surface area contributed by atoms with Crippen LogP contribution in [0.25, 0.3) is 0 Å². The lowest BCUT2D eigenvalue weighted by molar-refractivity contribution is -0.0122. The Balaban J connectivity index is 1.88. The second kappa shape index (κ2) is 7.49. The second-order valence-electron chi connectivity index (χ2n) is 5.87. The van der Waals surface area contributed by atoms with Gasteiger partial charge in [0.2, 0.25) is 0 Å². The number of rotatable bonds is 4. The Bertz CT molecular complexity index is 696. The van der Waals surface area contributed by atoms with Crippen LogP contribution < -0.4 is 0 Å². The number of nitrogens with zero attached hydrogens (tertiary/aromatic N) is 3. The minimum atomic E-state index is -0.257. The molecule has 5 nitrogen and oxygen atoms in total. The molecule has 1 aliphatic heterocycles. The lowest BCUT2D eigenvalue weighted by Gasteiger charge is -2.40. The number of ether oxygens (including phenoxy) is 1. The highest BCUT2D eigenvalue weighted by atomic mass is 19.1. The van der Waals surface area contributed by atoms with Crippen molar-refractivity contribution in [1.29, 1.82) is 0 Å². The molecule has 1 aromatic carbocycles. The fourth-order valence-corrected chi connectivity index (χ4v) is 3.24. The lowest BCUT2D eigenvalue weighted by atomic mass is 9.92. The summed E-state index contributed by atoms with van der Waals surface area (Å²) in [7, 11) is 1.64. The Morgan fingerprint density at radius 1 is 1.38 bits per heavy atom. The van der Waals surface area contributed by atoms with Crippen molar-refractivity contribution in [3.8, 4) is 0 Å². The van der Waals surface area contributed by atoms with Gasteiger partial charge in [-0.3, -0.25) is 4.79 Å². The van der Waals surface area contributed by atoms with Gasteiger partial charge in [-0.25, -0.2) is 14.4 Å². The van der Waals surface area contributed by atoms with Gasteiger partial charge < -0.3 is 9.64 Å². The first-order valence-corrected chi connectivity index (χ1v) is 8.04. The summed E-state index contributed by atoms with van der Waals surface area (Å²) >= 11 is 0. The third-order valence-electron chi connectivity index (χ3n) is 4.47. The number of carbonyl (C=O) groups is 1. The van der Waals surface area contributed by atoms with E-state index < -0.39 is 0 Å². The van der Waals surface area contributed by atoms with Gasteiger partial charge in [0.15, 0.2) is 0 Å². The topological polar surface area (TPSA) is 55.3 Å². The molecule has 0 bridgehead atoms. The normalized spacial score (nSPS) is 20.8. The third kappa shape index (κ3) is 3.43. The number of methoxy groups -OCH3 is 1. The highest BCUT2D eigenvalue weighted by Crippen LogP contribution is 2.25. The molecular weight excluding hydrogens is 309 g/mol. The van der Waals surface area contributed by atoms with Crippen LogP contribution in [-0.2, 0) is 11.2 Å². The summed E-state index contributed by atoms with van der Waals surface area (Å²) in [6.45, 7) is 0.613. The highest BCUT2D eigenvalue weighted by Gasteiger charge is 2.35. The van der Waals surface area contributed by atoms with E-state index in [-0.39, 0.29) is 23.9 Å². The van der Waals surface area contributed by atoms with E-state index in [4.69, 9.17) is 4.74 Å². The molecule has 0 unspecified atom stereocenters. The van der Waals surface area contributed by atoms with Crippen LogP contribution in [0.2, 0.25) is 0 Å². The van der Waals surface area contributed by atoms with Gasteiger partial charge in [0.25, 0.3) is 5.91 Å². The molecule has 2 heterocycles. The molecule has 1 aromatic heterocycles. The molecule has 1 saturated heterocycles. The van der Waals surface area contributed by atoms with E-state index in [1.807, 2.05) is 0 Å². The predicted molar refractivity (Wildman–Crippen MR) is 87.0 cm³/mol. The predicted octanol–water partition coefficient (Wildman–Crippen LogP) is 2.48. The number of halogens is 1. The monoisotopic (exact) mass is 329 g/mol. The van der Waals surface area contributed by atoms with E-state index >= 15 is 0 Å². The van der Waals surface area contributed by atoms with E-state index in [9.17, 15) is 9.18 Å². The average molecular weight is 329 g/mol. The van der Waals surface area contributed by atoms with Gasteiger partial charge in [-0.2, -0.15) is 0 Å². The lowest BCUT2D eigenvalue weighted by Crippen LogP contribution is -2.53. The Labute approximate surface area is 140 Å². The smallest absolute Gasteiger partial charge is 0.272 e. The number of amides is 1. The third-order valence-corrected chi connectivity index (χ3v) is 4.47. The van der Waals surface area contributed by atoms with Gasteiger partial charge in [0.05, 0.1) is 12.1 Å². The van der Waals surface area contributed by atoms with Crippen LogP contribution in [0.15, 0.2) is 42.9 Å². The minimum absolute atomic E-state index is 0.121. The summed E-state index contributed by atoms with van der Waals surface area (Å²) in [6, 6.07) is 8.04. The molecule has 3 rings (SSSR count). The first-order chi connectivity index (χ1) is 11.7. The molecule has 0 saturated carbocycles. The molecule has 0 radical (unpaired) electrons. The Morgan fingerprint density at radius 2 is 2.21 bits per heavy atom. The van der Waals surface area contributed by atoms with Crippen LogP contribution in [0, 0.1) is 5.82 Å². The Kier molecular flexibility index (Phi) is 5.15. The van der Waals surface area contributed by atoms with Crippen molar-refractivity contribution in [2.24, 2.45) is 0 Å². The molecule has 2 atom stereocenters.